The molecule has 0 unspecified atom stereocenters. The Bertz CT molecular complexity index is 454. The van der Waals surface area contributed by atoms with Crippen molar-refractivity contribution in [3.8, 4) is 0 Å². The van der Waals surface area contributed by atoms with E-state index in [0.29, 0.717) is 18.4 Å². The van der Waals surface area contributed by atoms with Gasteiger partial charge in [-0.2, -0.15) is 0 Å². The van der Waals surface area contributed by atoms with Crippen molar-refractivity contribution in [3.63, 3.8) is 0 Å². The number of amides is 1. The number of carbonyl (C=O) groups is 1. The van der Waals surface area contributed by atoms with Gasteiger partial charge >= 0.3 is 0 Å². The predicted octanol–water partition coefficient (Wildman–Crippen LogP) is 2.10. The van der Waals surface area contributed by atoms with Gasteiger partial charge in [0.15, 0.2) is 0 Å². The molecule has 1 aromatic rings. The number of carbonyl (C=O) groups excluding carboxylic acids is 1. The number of rotatable bonds is 4. The highest BCUT2D eigenvalue weighted by atomic mass is 16.2. The summed E-state index contributed by atoms with van der Waals surface area (Å²) in [6, 6.07) is 9.20. The first-order valence-electron chi connectivity index (χ1n) is 7.41. The summed E-state index contributed by atoms with van der Waals surface area (Å²) in [5.41, 5.74) is 2.73. The number of hydrogen-bond donors (Lipinski definition) is 1. The quantitative estimate of drug-likeness (QED) is 0.897. The van der Waals surface area contributed by atoms with E-state index in [2.05, 4.69) is 29.6 Å². The van der Waals surface area contributed by atoms with Gasteiger partial charge in [0, 0.05) is 32.1 Å². The van der Waals surface area contributed by atoms with Gasteiger partial charge in [-0.15, -0.1) is 0 Å². The van der Waals surface area contributed by atoms with E-state index in [1.165, 1.54) is 24.0 Å². The summed E-state index contributed by atoms with van der Waals surface area (Å²) in [7, 11) is 0. The highest BCUT2D eigenvalue weighted by Gasteiger charge is 2.22. The maximum atomic E-state index is 12.2. The topological polar surface area (TPSA) is 32.3 Å². The van der Waals surface area contributed by atoms with Crippen LogP contribution in [-0.4, -0.2) is 29.9 Å². The van der Waals surface area contributed by atoms with Crippen LogP contribution in [0.15, 0.2) is 24.3 Å². The molecule has 0 aromatic heterocycles. The number of hydrogen-bond acceptors (Lipinski definition) is 2. The monoisotopic (exact) mass is 258 g/mol. The highest BCUT2D eigenvalue weighted by Crippen LogP contribution is 2.20. The molecule has 1 fully saturated rings. The number of fused-ring (bicyclic) bond motifs is 1. The van der Waals surface area contributed by atoms with Gasteiger partial charge in [-0.25, -0.2) is 0 Å². The Balaban J connectivity index is 1.56. The van der Waals surface area contributed by atoms with Gasteiger partial charge in [0.1, 0.15) is 0 Å². The molecule has 1 aromatic carbocycles. The van der Waals surface area contributed by atoms with Crippen molar-refractivity contribution >= 4 is 5.91 Å². The smallest absolute Gasteiger partial charge is 0.224 e. The average Bonchev–Trinajstić information content (AvgIpc) is 3.23. The molecule has 1 aliphatic carbocycles. The van der Waals surface area contributed by atoms with E-state index in [1.807, 2.05) is 4.90 Å². The molecule has 3 heteroatoms. The van der Waals surface area contributed by atoms with Crippen LogP contribution in [0.1, 0.15) is 36.8 Å². The maximum absolute atomic E-state index is 12.2. The number of nitrogens with one attached hydrogen (secondary N) is 1. The van der Waals surface area contributed by atoms with E-state index in [0.717, 1.165) is 32.5 Å². The Labute approximate surface area is 115 Å². The van der Waals surface area contributed by atoms with Crippen LogP contribution in [0.25, 0.3) is 0 Å². The molecule has 0 radical (unpaired) electrons. The van der Waals surface area contributed by atoms with Crippen LogP contribution in [0.2, 0.25) is 0 Å². The Morgan fingerprint density at radius 1 is 1.26 bits per heavy atom. The zero-order valence-electron chi connectivity index (χ0n) is 11.4. The molecular weight excluding hydrogens is 236 g/mol. The van der Waals surface area contributed by atoms with Gasteiger partial charge in [0.2, 0.25) is 5.91 Å². The van der Waals surface area contributed by atoms with Crippen molar-refractivity contribution in [2.75, 3.05) is 13.1 Å². The zero-order chi connectivity index (χ0) is 13.1. The van der Waals surface area contributed by atoms with Crippen molar-refractivity contribution < 1.29 is 4.79 Å². The van der Waals surface area contributed by atoms with Crippen LogP contribution >= 0.6 is 0 Å². The van der Waals surface area contributed by atoms with Crippen LogP contribution in [0.5, 0.6) is 0 Å². The third-order valence-corrected chi connectivity index (χ3v) is 4.06. The summed E-state index contributed by atoms with van der Waals surface area (Å²) < 4.78 is 0. The second-order valence-corrected chi connectivity index (χ2v) is 5.67. The van der Waals surface area contributed by atoms with Crippen LogP contribution in [0.4, 0.5) is 0 Å². The number of aryl methyl sites for hydroxylation is 1. The van der Waals surface area contributed by atoms with Crippen LogP contribution < -0.4 is 5.32 Å². The van der Waals surface area contributed by atoms with E-state index in [1.54, 1.807) is 0 Å². The lowest BCUT2D eigenvalue weighted by atomic mass is 10.0. The fourth-order valence-electron chi connectivity index (χ4n) is 2.74. The minimum absolute atomic E-state index is 0.296. The zero-order valence-corrected chi connectivity index (χ0v) is 11.4. The lowest BCUT2D eigenvalue weighted by Crippen LogP contribution is -2.33. The van der Waals surface area contributed by atoms with Crippen LogP contribution in [0, 0.1) is 0 Å². The van der Waals surface area contributed by atoms with Crippen molar-refractivity contribution in [2.45, 2.75) is 44.7 Å². The second-order valence-electron chi connectivity index (χ2n) is 5.67. The number of benzene rings is 1. The fraction of sp³-hybridized carbons (Fsp3) is 0.562. The minimum Gasteiger partial charge on any atom is -0.338 e. The fourth-order valence-corrected chi connectivity index (χ4v) is 2.74. The average molecular weight is 258 g/mol. The van der Waals surface area contributed by atoms with E-state index in [9.17, 15) is 4.79 Å². The molecule has 0 saturated heterocycles. The van der Waals surface area contributed by atoms with Gasteiger partial charge in [-0.05, 0) is 36.8 Å². The summed E-state index contributed by atoms with van der Waals surface area (Å²) in [4.78, 5) is 14.3. The lowest BCUT2D eigenvalue weighted by Gasteiger charge is -2.21. The molecule has 1 N–H and O–H groups in total. The summed E-state index contributed by atoms with van der Waals surface area (Å²) in [6.45, 7) is 2.52. The molecule has 1 amide bonds. The van der Waals surface area contributed by atoms with Gasteiger partial charge in [0.25, 0.3) is 0 Å². The summed E-state index contributed by atoms with van der Waals surface area (Å²) >= 11 is 0. The van der Waals surface area contributed by atoms with Crippen molar-refractivity contribution in [2.24, 2.45) is 0 Å². The molecular formula is C16H22N2O. The minimum atomic E-state index is 0.296. The van der Waals surface area contributed by atoms with E-state index < -0.39 is 0 Å². The molecule has 3 rings (SSSR count). The Kier molecular flexibility index (Phi) is 3.83. The Morgan fingerprint density at radius 2 is 2.05 bits per heavy atom. The first-order valence-corrected chi connectivity index (χ1v) is 7.41. The summed E-state index contributed by atoms with van der Waals surface area (Å²) in [5, 5.41) is 3.41. The van der Waals surface area contributed by atoms with Gasteiger partial charge in [-0.3, -0.25) is 4.79 Å². The first-order chi connectivity index (χ1) is 9.33. The normalized spacial score (nSPS) is 18.8. The molecule has 3 nitrogen and oxygen atoms in total. The summed E-state index contributed by atoms with van der Waals surface area (Å²) in [5.74, 6) is 0.296. The van der Waals surface area contributed by atoms with Crippen LogP contribution in [0.3, 0.4) is 0 Å². The predicted molar refractivity (Wildman–Crippen MR) is 75.8 cm³/mol. The highest BCUT2D eigenvalue weighted by molar-refractivity contribution is 5.76. The van der Waals surface area contributed by atoms with Gasteiger partial charge in [-0.1, -0.05) is 24.3 Å². The third-order valence-electron chi connectivity index (χ3n) is 4.06. The van der Waals surface area contributed by atoms with Gasteiger partial charge in [0.05, 0.1) is 0 Å². The van der Waals surface area contributed by atoms with Crippen molar-refractivity contribution in [1.82, 2.24) is 10.2 Å². The van der Waals surface area contributed by atoms with Crippen LogP contribution in [-0.2, 0) is 17.8 Å². The molecule has 0 bridgehead atoms. The van der Waals surface area contributed by atoms with Crippen molar-refractivity contribution in [3.05, 3.63) is 35.4 Å². The Morgan fingerprint density at radius 3 is 2.84 bits per heavy atom. The Hall–Kier alpha value is -1.35. The van der Waals surface area contributed by atoms with E-state index in [4.69, 9.17) is 0 Å². The van der Waals surface area contributed by atoms with E-state index in [-0.39, 0.29) is 0 Å². The van der Waals surface area contributed by atoms with E-state index >= 15 is 0 Å². The van der Waals surface area contributed by atoms with Crippen molar-refractivity contribution in [1.29, 1.82) is 0 Å². The van der Waals surface area contributed by atoms with Gasteiger partial charge < -0.3 is 10.2 Å². The number of nitrogens with zero attached hydrogens (tertiary/aromatic N) is 1. The second kappa shape index (κ2) is 5.74. The third kappa shape index (κ3) is 3.35. The molecule has 1 heterocycles. The summed E-state index contributed by atoms with van der Waals surface area (Å²) in [6.07, 6.45) is 5.38. The molecule has 0 spiro atoms. The molecule has 1 saturated carbocycles. The maximum Gasteiger partial charge on any atom is 0.224 e. The molecule has 1 aliphatic heterocycles. The SMILES string of the molecule is O=C(CCNC1CC1)N1CCCc2ccccc2C1. The lowest BCUT2D eigenvalue weighted by molar-refractivity contribution is -0.131. The molecule has 2 aliphatic rings. The molecule has 0 atom stereocenters. The first kappa shape index (κ1) is 12.7. The largest absolute Gasteiger partial charge is 0.338 e. The molecule has 102 valence electrons. The standard InChI is InChI=1S/C16H22N2O/c19-16(9-10-17-15-7-8-15)18-11-3-6-13-4-1-2-5-14(13)12-18/h1-2,4-5,15,17H,3,6-12H2. The molecule has 19 heavy (non-hydrogen) atoms.